The summed E-state index contributed by atoms with van der Waals surface area (Å²) in [5.74, 6) is 0.550. The summed E-state index contributed by atoms with van der Waals surface area (Å²) in [4.78, 5) is 5.21. The zero-order chi connectivity index (χ0) is 14.6. The van der Waals surface area contributed by atoms with E-state index in [0.29, 0.717) is 12.4 Å². The third-order valence-corrected chi connectivity index (χ3v) is 5.49. The lowest BCUT2D eigenvalue weighted by Crippen LogP contribution is -2.23. The molecule has 0 aliphatic heterocycles. The second-order valence-electron chi connectivity index (χ2n) is 3.94. The van der Waals surface area contributed by atoms with E-state index >= 15 is 0 Å². The highest BCUT2D eigenvalue weighted by Crippen LogP contribution is 2.22. The van der Waals surface area contributed by atoms with Crippen LogP contribution >= 0.6 is 27.3 Å². The van der Waals surface area contributed by atoms with Gasteiger partial charge in [0, 0.05) is 30.2 Å². The van der Waals surface area contributed by atoms with E-state index in [2.05, 4.69) is 31.0 Å². The number of sulfonamides is 1. The van der Waals surface area contributed by atoms with Gasteiger partial charge in [0.2, 0.25) is 10.0 Å². The molecule has 8 heteroatoms. The molecular formula is C12H14BrN3O2S2. The second-order valence-corrected chi connectivity index (χ2v) is 8.25. The van der Waals surface area contributed by atoms with E-state index in [4.69, 9.17) is 0 Å². The Bertz CT molecular complexity index is 686. The maximum atomic E-state index is 12.2. The van der Waals surface area contributed by atoms with Crippen LogP contribution < -0.4 is 10.0 Å². The van der Waals surface area contributed by atoms with Crippen LogP contribution in [0.15, 0.2) is 39.1 Å². The monoisotopic (exact) mass is 375 g/mol. The molecule has 2 aromatic heterocycles. The minimum Gasteiger partial charge on any atom is -0.370 e. The first-order valence-electron chi connectivity index (χ1n) is 5.95. The third kappa shape index (κ3) is 4.02. The summed E-state index contributed by atoms with van der Waals surface area (Å²) in [6, 6.07) is 6.78. The van der Waals surface area contributed by atoms with Gasteiger partial charge in [-0.3, -0.25) is 0 Å². The lowest BCUT2D eigenvalue weighted by atomic mass is 10.4. The zero-order valence-electron chi connectivity index (χ0n) is 10.8. The van der Waals surface area contributed by atoms with Crippen LogP contribution in [0, 0.1) is 0 Å². The average molecular weight is 376 g/mol. The van der Waals surface area contributed by atoms with E-state index in [0.717, 1.165) is 8.66 Å². The van der Waals surface area contributed by atoms with Crippen LogP contribution in [0.25, 0.3) is 0 Å². The van der Waals surface area contributed by atoms with Crippen LogP contribution in [0.2, 0.25) is 0 Å². The topological polar surface area (TPSA) is 71.1 Å². The number of nitrogens with zero attached hydrogens (tertiary/aromatic N) is 1. The van der Waals surface area contributed by atoms with Gasteiger partial charge in [0.25, 0.3) is 0 Å². The van der Waals surface area contributed by atoms with Gasteiger partial charge in [-0.15, -0.1) is 11.3 Å². The molecule has 2 aromatic rings. The van der Waals surface area contributed by atoms with Crippen molar-refractivity contribution in [2.24, 2.45) is 0 Å². The first-order valence-corrected chi connectivity index (χ1v) is 9.04. The molecule has 0 aromatic carbocycles. The molecule has 0 aliphatic rings. The van der Waals surface area contributed by atoms with Crippen molar-refractivity contribution < 1.29 is 8.42 Å². The van der Waals surface area contributed by atoms with Crippen molar-refractivity contribution in [1.29, 1.82) is 0 Å². The summed E-state index contributed by atoms with van der Waals surface area (Å²) in [5, 5.41) is 2.99. The molecule has 0 saturated carbocycles. The lowest BCUT2D eigenvalue weighted by molar-refractivity contribution is 0.581. The van der Waals surface area contributed by atoms with Crippen molar-refractivity contribution in [2.45, 2.75) is 18.4 Å². The van der Waals surface area contributed by atoms with Crippen molar-refractivity contribution >= 4 is 43.1 Å². The SMILES string of the molecule is CCNc1cc(S(=O)(=O)NCc2ccc(Br)s2)ccn1. The summed E-state index contributed by atoms with van der Waals surface area (Å²) in [6.07, 6.45) is 1.48. The van der Waals surface area contributed by atoms with Crippen molar-refractivity contribution in [3.63, 3.8) is 0 Å². The average Bonchev–Trinajstić information content (AvgIpc) is 2.83. The molecule has 20 heavy (non-hydrogen) atoms. The second kappa shape index (κ2) is 6.66. The molecule has 2 heterocycles. The Morgan fingerprint density at radius 2 is 2.15 bits per heavy atom. The summed E-state index contributed by atoms with van der Waals surface area (Å²) in [7, 11) is -3.53. The Morgan fingerprint density at radius 1 is 1.35 bits per heavy atom. The van der Waals surface area contributed by atoms with Gasteiger partial charge >= 0.3 is 0 Å². The zero-order valence-corrected chi connectivity index (χ0v) is 14.0. The Morgan fingerprint density at radius 3 is 2.80 bits per heavy atom. The van der Waals surface area contributed by atoms with Crippen molar-refractivity contribution in [3.8, 4) is 0 Å². The summed E-state index contributed by atoms with van der Waals surface area (Å²) >= 11 is 4.85. The number of anilines is 1. The standard InChI is InChI=1S/C12H14BrN3O2S2/c1-2-14-12-7-10(5-6-15-12)20(17,18)16-8-9-3-4-11(13)19-9/h3-7,16H,2,8H2,1H3,(H,14,15). The summed E-state index contributed by atoms with van der Waals surface area (Å²) < 4.78 is 27.9. The molecule has 0 fully saturated rings. The maximum Gasteiger partial charge on any atom is 0.241 e. The van der Waals surface area contributed by atoms with Gasteiger partial charge in [-0.25, -0.2) is 18.1 Å². The highest BCUT2D eigenvalue weighted by Gasteiger charge is 2.15. The van der Waals surface area contributed by atoms with Crippen LogP contribution in [0.1, 0.15) is 11.8 Å². The number of hydrogen-bond acceptors (Lipinski definition) is 5. The van der Waals surface area contributed by atoms with Gasteiger partial charge in [0.05, 0.1) is 8.68 Å². The van der Waals surface area contributed by atoms with Crippen LogP contribution in [-0.2, 0) is 16.6 Å². The van der Waals surface area contributed by atoms with Gasteiger partial charge in [-0.1, -0.05) is 0 Å². The normalized spacial score (nSPS) is 11.5. The van der Waals surface area contributed by atoms with E-state index in [-0.39, 0.29) is 11.4 Å². The number of thiophene rings is 1. The molecule has 2 rings (SSSR count). The highest BCUT2D eigenvalue weighted by atomic mass is 79.9. The number of halogens is 1. The Balaban J connectivity index is 2.11. The molecule has 0 atom stereocenters. The van der Waals surface area contributed by atoms with Gasteiger partial charge in [0.1, 0.15) is 5.82 Å². The van der Waals surface area contributed by atoms with Gasteiger partial charge in [0.15, 0.2) is 0 Å². The van der Waals surface area contributed by atoms with Crippen molar-refractivity contribution in [3.05, 3.63) is 39.1 Å². The molecule has 0 aliphatic carbocycles. The molecule has 0 amide bonds. The molecule has 5 nitrogen and oxygen atoms in total. The molecule has 0 bridgehead atoms. The minimum atomic E-state index is -3.53. The minimum absolute atomic E-state index is 0.207. The van der Waals surface area contributed by atoms with Crippen LogP contribution in [0.3, 0.4) is 0 Å². The van der Waals surface area contributed by atoms with Crippen molar-refractivity contribution in [1.82, 2.24) is 9.71 Å². The number of rotatable bonds is 6. The molecule has 0 saturated heterocycles. The van der Waals surface area contributed by atoms with E-state index in [1.165, 1.54) is 29.7 Å². The van der Waals surface area contributed by atoms with Gasteiger partial charge < -0.3 is 5.32 Å². The first-order chi connectivity index (χ1) is 9.51. The van der Waals surface area contributed by atoms with Crippen molar-refractivity contribution in [2.75, 3.05) is 11.9 Å². The smallest absolute Gasteiger partial charge is 0.241 e. The number of hydrogen-bond donors (Lipinski definition) is 2. The summed E-state index contributed by atoms with van der Waals surface area (Å²) in [6.45, 7) is 2.89. The fourth-order valence-electron chi connectivity index (χ4n) is 1.55. The highest BCUT2D eigenvalue weighted by molar-refractivity contribution is 9.11. The lowest BCUT2D eigenvalue weighted by Gasteiger charge is -2.07. The van der Waals surface area contributed by atoms with E-state index in [1.54, 1.807) is 0 Å². The van der Waals surface area contributed by atoms with E-state index in [9.17, 15) is 8.42 Å². The summed E-state index contributed by atoms with van der Waals surface area (Å²) in [5.41, 5.74) is 0. The Kier molecular flexibility index (Phi) is 5.14. The third-order valence-electron chi connectivity index (χ3n) is 2.46. The number of nitrogens with one attached hydrogen (secondary N) is 2. The van der Waals surface area contributed by atoms with Gasteiger partial charge in [-0.05, 0) is 41.1 Å². The number of pyridine rings is 1. The molecule has 0 radical (unpaired) electrons. The molecule has 2 N–H and O–H groups in total. The van der Waals surface area contributed by atoms with E-state index in [1.807, 2.05) is 19.1 Å². The Labute approximate surface area is 130 Å². The molecule has 0 unspecified atom stereocenters. The molecule has 108 valence electrons. The predicted molar refractivity (Wildman–Crippen MR) is 84.4 cm³/mol. The fourth-order valence-corrected chi connectivity index (χ4v) is 4.09. The molecule has 0 spiro atoms. The predicted octanol–water partition coefficient (Wildman–Crippen LogP) is 2.82. The fraction of sp³-hybridized carbons (Fsp3) is 0.250. The van der Waals surface area contributed by atoms with Crippen LogP contribution in [-0.4, -0.2) is 19.9 Å². The maximum absolute atomic E-state index is 12.2. The largest absolute Gasteiger partial charge is 0.370 e. The molecular weight excluding hydrogens is 362 g/mol. The Hall–Kier alpha value is -0.960. The first kappa shape index (κ1) is 15.4. The van der Waals surface area contributed by atoms with Crippen LogP contribution in [0.5, 0.6) is 0 Å². The quantitative estimate of drug-likeness (QED) is 0.814. The van der Waals surface area contributed by atoms with Gasteiger partial charge in [-0.2, -0.15) is 0 Å². The van der Waals surface area contributed by atoms with Crippen LogP contribution in [0.4, 0.5) is 5.82 Å². The van der Waals surface area contributed by atoms with E-state index < -0.39 is 10.0 Å². The number of aromatic nitrogens is 1.